The Morgan fingerprint density at radius 1 is 1.04 bits per heavy atom. The van der Waals surface area contributed by atoms with Gasteiger partial charge in [0.15, 0.2) is 0 Å². The van der Waals surface area contributed by atoms with E-state index in [1.807, 2.05) is 6.07 Å². The molecule has 1 N–H and O–H groups in total. The molecule has 24 heavy (non-hydrogen) atoms. The van der Waals surface area contributed by atoms with Crippen molar-refractivity contribution in [3.05, 3.63) is 53.1 Å². The van der Waals surface area contributed by atoms with Crippen molar-refractivity contribution >= 4 is 11.9 Å². The molecule has 0 saturated carbocycles. The molecule has 0 spiro atoms. The average molecular weight is 328 g/mol. The van der Waals surface area contributed by atoms with Crippen LogP contribution in [0.1, 0.15) is 40.1 Å². The van der Waals surface area contributed by atoms with Crippen molar-refractivity contribution in [1.82, 2.24) is 0 Å². The zero-order valence-corrected chi connectivity index (χ0v) is 14.1. The van der Waals surface area contributed by atoms with Gasteiger partial charge in [0.05, 0.1) is 18.8 Å². The minimum atomic E-state index is -0.718. The Kier molecular flexibility index (Phi) is 5.24. The van der Waals surface area contributed by atoms with Gasteiger partial charge in [-0.15, -0.1) is 0 Å². The van der Waals surface area contributed by atoms with E-state index in [9.17, 15) is 14.7 Å². The number of phenolic OH excluding ortho intramolecular Hbond substituents is 1. The standard InChI is InChI=1S/C19H20O5/c1-11(2)24-19(22)15-12(3)10-14(20)17(18(21)23-4)16(15)13-8-6-5-7-9-13/h5-11,20H,1-4H3. The number of methoxy groups -OCH3 is 1. The highest BCUT2D eigenvalue weighted by Crippen LogP contribution is 2.37. The fourth-order valence-electron chi connectivity index (χ4n) is 2.54. The molecule has 5 heteroatoms. The molecule has 0 unspecified atom stereocenters. The first-order valence-electron chi connectivity index (χ1n) is 7.58. The van der Waals surface area contributed by atoms with E-state index in [1.165, 1.54) is 13.2 Å². The SMILES string of the molecule is COC(=O)c1c(O)cc(C)c(C(=O)OC(C)C)c1-c1ccccc1. The Labute approximate surface area is 140 Å². The van der Waals surface area contributed by atoms with E-state index < -0.39 is 11.9 Å². The summed E-state index contributed by atoms with van der Waals surface area (Å²) in [6.45, 7) is 5.18. The molecule has 0 saturated heterocycles. The topological polar surface area (TPSA) is 72.8 Å². The number of carbonyl (C=O) groups excluding carboxylic acids is 2. The van der Waals surface area contributed by atoms with Crippen LogP contribution in [0.25, 0.3) is 11.1 Å². The lowest BCUT2D eigenvalue weighted by Gasteiger charge is -2.18. The number of hydrogen-bond donors (Lipinski definition) is 1. The minimum absolute atomic E-state index is 0.0509. The summed E-state index contributed by atoms with van der Waals surface area (Å²) in [4.78, 5) is 24.8. The minimum Gasteiger partial charge on any atom is -0.507 e. The van der Waals surface area contributed by atoms with Crippen molar-refractivity contribution in [3.8, 4) is 16.9 Å². The van der Waals surface area contributed by atoms with Crippen LogP contribution in [0.5, 0.6) is 5.75 Å². The van der Waals surface area contributed by atoms with Crippen LogP contribution in [-0.2, 0) is 9.47 Å². The third-order valence-corrected chi connectivity index (χ3v) is 3.50. The second kappa shape index (κ2) is 7.17. The van der Waals surface area contributed by atoms with E-state index in [-0.39, 0.29) is 23.0 Å². The first-order chi connectivity index (χ1) is 11.4. The molecule has 2 aromatic rings. The number of hydrogen-bond acceptors (Lipinski definition) is 5. The summed E-state index contributed by atoms with van der Waals surface area (Å²) in [5, 5.41) is 10.3. The van der Waals surface area contributed by atoms with Crippen LogP contribution in [0.4, 0.5) is 0 Å². The zero-order valence-electron chi connectivity index (χ0n) is 14.1. The molecule has 2 aromatic carbocycles. The summed E-state index contributed by atoms with van der Waals surface area (Å²) < 4.78 is 10.1. The fourth-order valence-corrected chi connectivity index (χ4v) is 2.54. The molecule has 126 valence electrons. The molecule has 0 bridgehead atoms. The third kappa shape index (κ3) is 3.40. The molecule has 0 aliphatic carbocycles. The zero-order chi connectivity index (χ0) is 17.9. The summed E-state index contributed by atoms with van der Waals surface area (Å²) in [6.07, 6.45) is -0.309. The van der Waals surface area contributed by atoms with Crippen LogP contribution in [0.15, 0.2) is 36.4 Å². The normalized spacial score (nSPS) is 10.5. The Balaban J connectivity index is 2.83. The van der Waals surface area contributed by atoms with Gasteiger partial charge in [-0.05, 0) is 38.0 Å². The number of aryl methyl sites for hydroxylation is 1. The first-order valence-corrected chi connectivity index (χ1v) is 7.58. The van der Waals surface area contributed by atoms with E-state index in [0.717, 1.165) is 0 Å². The second-order valence-corrected chi connectivity index (χ2v) is 5.65. The lowest BCUT2D eigenvalue weighted by atomic mass is 9.90. The fraction of sp³-hybridized carbons (Fsp3) is 0.263. The van der Waals surface area contributed by atoms with Gasteiger partial charge in [0.2, 0.25) is 0 Å². The molecule has 0 aliphatic rings. The number of ether oxygens (including phenoxy) is 2. The van der Waals surface area contributed by atoms with Gasteiger partial charge < -0.3 is 14.6 Å². The van der Waals surface area contributed by atoms with Gasteiger partial charge in [-0.25, -0.2) is 9.59 Å². The molecule has 5 nitrogen and oxygen atoms in total. The number of esters is 2. The lowest BCUT2D eigenvalue weighted by Crippen LogP contribution is -2.16. The van der Waals surface area contributed by atoms with Crippen LogP contribution >= 0.6 is 0 Å². The van der Waals surface area contributed by atoms with Gasteiger partial charge in [0, 0.05) is 5.56 Å². The van der Waals surface area contributed by atoms with Crippen molar-refractivity contribution in [1.29, 1.82) is 0 Å². The number of aromatic hydroxyl groups is 1. The number of rotatable bonds is 4. The third-order valence-electron chi connectivity index (χ3n) is 3.50. The maximum Gasteiger partial charge on any atom is 0.342 e. The Bertz CT molecular complexity index is 763. The highest BCUT2D eigenvalue weighted by atomic mass is 16.5. The van der Waals surface area contributed by atoms with E-state index in [4.69, 9.17) is 9.47 Å². The smallest absolute Gasteiger partial charge is 0.342 e. The Hall–Kier alpha value is -2.82. The maximum absolute atomic E-state index is 12.6. The predicted molar refractivity (Wildman–Crippen MR) is 90.2 cm³/mol. The van der Waals surface area contributed by atoms with Crippen molar-refractivity contribution in [2.24, 2.45) is 0 Å². The molecule has 2 rings (SSSR count). The Morgan fingerprint density at radius 3 is 2.21 bits per heavy atom. The first kappa shape index (κ1) is 17.5. The maximum atomic E-state index is 12.6. The van der Waals surface area contributed by atoms with E-state index >= 15 is 0 Å². The van der Waals surface area contributed by atoms with Crippen LogP contribution in [0.2, 0.25) is 0 Å². The highest BCUT2D eigenvalue weighted by molar-refractivity contribution is 6.08. The Morgan fingerprint density at radius 2 is 1.67 bits per heavy atom. The van der Waals surface area contributed by atoms with Crippen LogP contribution in [-0.4, -0.2) is 30.3 Å². The summed E-state index contributed by atoms with van der Waals surface area (Å²) in [5.74, 6) is -1.50. The predicted octanol–water partition coefficient (Wildman–Crippen LogP) is 3.72. The van der Waals surface area contributed by atoms with Gasteiger partial charge >= 0.3 is 11.9 Å². The summed E-state index contributed by atoms with van der Waals surface area (Å²) >= 11 is 0. The van der Waals surface area contributed by atoms with Gasteiger partial charge in [-0.2, -0.15) is 0 Å². The summed E-state index contributed by atoms with van der Waals surface area (Å²) in [7, 11) is 1.22. The quantitative estimate of drug-likeness (QED) is 0.866. The molecule has 0 amide bonds. The number of phenols is 1. The number of carbonyl (C=O) groups is 2. The molecular formula is C19H20O5. The molecule has 0 atom stereocenters. The molecule has 0 radical (unpaired) electrons. The van der Waals surface area contributed by atoms with Gasteiger partial charge in [-0.1, -0.05) is 30.3 Å². The van der Waals surface area contributed by atoms with E-state index in [0.29, 0.717) is 16.7 Å². The molecule has 0 heterocycles. The van der Waals surface area contributed by atoms with Gasteiger partial charge in [-0.3, -0.25) is 0 Å². The van der Waals surface area contributed by atoms with Crippen LogP contribution < -0.4 is 0 Å². The summed E-state index contributed by atoms with van der Waals surface area (Å²) in [6, 6.07) is 10.3. The summed E-state index contributed by atoms with van der Waals surface area (Å²) in [5.41, 5.74) is 1.64. The highest BCUT2D eigenvalue weighted by Gasteiger charge is 2.27. The molecule has 0 fully saturated rings. The van der Waals surface area contributed by atoms with E-state index in [2.05, 4.69) is 0 Å². The second-order valence-electron chi connectivity index (χ2n) is 5.65. The largest absolute Gasteiger partial charge is 0.507 e. The van der Waals surface area contributed by atoms with Crippen molar-refractivity contribution in [2.45, 2.75) is 26.9 Å². The van der Waals surface area contributed by atoms with Gasteiger partial charge in [0.1, 0.15) is 11.3 Å². The van der Waals surface area contributed by atoms with Crippen molar-refractivity contribution in [3.63, 3.8) is 0 Å². The number of benzene rings is 2. The van der Waals surface area contributed by atoms with Crippen molar-refractivity contribution < 1.29 is 24.2 Å². The molecular weight excluding hydrogens is 308 g/mol. The van der Waals surface area contributed by atoms with Crippen molar-refractivity contribution in [2.75, 3.05) is 7.11 Å². The van der Waals surface area contributed by atoms with Crippen LogP contribution in [0.3, 0.4) is 0 Å². The average Bonchev–Trinajstić information content (AvgIpc) is 2.53. The van der Waals surface area contributed by atoms with Crippen LogP contribution in [0, 0.1) is 6.92 Å². The van der Waals surface area contributed by atoms with E-state index in [1.54, 1.807) is 45.0 Å². The lowest BCUT2D eigenvalue weighted by molar-refractivity contribution is 0.0378. The van der Waals surface area contributed by atoms with Gasteiger partial charge in [0.25, 0.3) is 0 Å². The monoisotopic (exact) mass is 328 g/mol. The molecule has 0 aromatic heterocycles. The molecule has 0 aliphatic heterocycles.